The van der Waals surface area contributed by atoms with Gasteiger partial charge in [-0.15, -0.1) is 0 Å². The number of anilines is 1. The van der Waals surface area contributed by atoms with Gasteiger partial charge in [-0.3, -0.25) is 10.1 Å². The van der Waals surface area contributed by atoms with Gasteiger partial charge >= 0.3 is 0 Å². The Morgan fingerprint density at radius 2 is 1.48 bits per heavy atom. The van der Waals surface area contributed by atoms with Crippen molar-refractivity contribution in [1.29, 1.82) is 5.26 Å². The maximum absolute atomic E-state index is 13.4. The molecule has 0 atom stereocenters. The van der Waals surface area contributed by atoms with Gasteiger partial charge in [0.05, 0.1) is 32.0 Å². The Morgan fingerprint density at radius 3 is 2.06 bits per heavy atom. The van der Waals surface area contributed by atoms with Crippen LogP contribution in [-0.2, 0) is 20.0 Å². The van der Waals surface area contributed by atoms with Gasteiger partial charge in [0.15, 0.2) is 0 Å². The van der Waals surface area contributed by atoms with Crippen molar-refractivity contribution in [2.24, 2.45) is 0 Å². The lowest BCUT2D eigenvalue weighted by molar-refractivity contribution is -0.384. The van der Waals surface area contributed by atoms with Gasteiger partial charge in [-0.1, -0.05) is 35.9 Å². The van der Waals surface area contributed by atoms with E-state index < -0.39 is 40.4 Å². The number of nitro groups is 1. The Bertz CT molecular complexity index is 1420. The van der Waals surface area contributed by atoms with Crippen LogP contribution in [0.15, 0.2) is 82.6 Å². The minimum atomic E-state index is -4.85. The van der Waals surface area contributed by atoms with E-state index in [4.69, 9.17) is 16.9 Å². The Labute approximate surface area is 183 Å². The first-order valence-electron chi connectivity index (χ1n) is 8.39. The van der Waals surface area contributed by atoms with Crippen molar-refractivity contribution in [2.75, 3.05) is 3.71 Å². The van der Waals surface area contributed by atoms with E-state index in [1.807, 2.05) is 0 Å². The van der Waals surface area contributed by atoms with E-state index in [1.165, 1.54) is 36.4 Å². The molecule has 0 saturated heterocycles. The van der Waals surface area contributed by atoms with Gasteiger partial charge < -0.3 is 0 Å². The monoisotopic (exact) mass is 477 g/mol. The number of halogens is 1. The molecule has 0 spiro atoms. The standard InChI is InChI=1S/C19H12ClN3O6S2/c20-18-10-9-17(12-19(18)22(24)25)31(28,29)23(15-6-2-1-3-7-15)30(26,27)16-8-4-5-14(11-16)13-21/h1-12H. The number of sulfonamides is 2. The highest BCUT2D eigenvalue weighted by Crippen LogP contribution is 2.34. The lowest BCUT2D eigenvalue weighted by atomic mass is 10.2. The minimum Gasteiger partial charge on any atom is -0.258 e. The van der Waals surface area contributed by atoms with Crippen molar-refractivity contribution < 1.29 is 21.8 Å². The maximum atomic E-state index is 13.4. The predicted octanol–water partition coefficient (Wildman–Crippen LogP) is 3.70. The maximum Gasteiger partial charge on any atom is 0.289 e. The van der Waals surface area contributed by atoms with Gasteiger partial charge in [0, 0.05) is 6.07 Å². The summed E-state index contributed by atoms with van der Waals surface area (Å²) in [5.74, 6) is 0. The first-order chi connectivity index (χ1) is 14.6. The molecular weight excluding hydrogens is 466 g/mol. The molecule has 31 heavy (non-hydrogen) atoms. The zero-order valence-corrected chi connectivity index (χ0v) is 17.8. The second-order valence-electron chi connectivity index (χ2n) is 6.05. The van der Waals surface area contributed by atoms with Crippen molar-refractivity contribution in [1.82, 2.24) is 0 Å². The zero-order chi connectivity index (χ0) is 22.8. The van der Waals surface area contributed by atoms with E-state index in [0.29, 0.717) is 6.07 Å². The summed E-state index contributed by atoms with van der Waals surface area (Å²) in [6.07, 6.45) is 0. The lowest BCUT2D eigenvalue weighted by Gasteiger charge is -2.24. The molecule has 0 saturated carbocycles. The number of nitro benzene ring substituents is 1. The molecule has 3 rings (SSSR count). The minimum absolute atomic E-state index is 0.00798. The Hall–Kier alpha value is -3.46. The molecule has 0 radical (unpaired) electrons. The van der Waals surface area contributed by atoms with Crippen molar-refractivity contribution in [3.63, 3.8) is 0 Å². The van der Waals surface area contributed by atoms with E-state index >= 15 is 0 Å². The van der Waals surface area contributed by atoms with Crippen LogP contribution in [-0.4, -0.2) is 21.8 Å². The normalized spacial score (nSPS) is 11.5. The largest absolute Gasteiger partial charge is 0.289 e. The third kappa shape index (κ3) is 4.22. The predicted molar refractivity (Wildman–Crippen MR) is 113 cm³/mol. The summed E-state index contributed by atoms with van der Waals surface area (Å²) in [5.41, 5.74) is -0.907. The van der Waals surface area contributed by atoms with Gasteiger partial charge in [0.2, 0.25) is 0 Å². The van der Waals surface area contributed by atoms with Crippen LogP contribution < -0.4 is 3.71 Å². The van der Waals surface area contributed by atoms with Gasteiger partial charge in [-0.25, -0.2) is 16.8 Å². The third-order valence-electron chi connectivity index (χ3n) is 4.08. The first kappa shape index (κ1) is 22.2. The number of nitriles is 1. The molecular formula is C19H12ClN3O6S2. The molecule has 12 heteroatoms. The van der Waals surface area contributed by atoms with Crippen LogP contribution >= 0.6 is 11.6 Å². The summed E-state index contributed by atoms with van der Waals surface area (Å²) < 4.78 is 53.8. The molecule has 3 aromatic carbocycles. The number of rotatable bonds is 6. The molecule has 0 bridgehead atoms. The zero-order valence-electron chi connectivity index (χ0n) is 15.4. The average molecular weight is 478 g/mol. The summed E-state index contributed by atoms with van der Waals surface area (Å²) in [6.45, 7) is 0. The van der Waals surface area contributed by atoms with Crippen molar-refractivity contribution >= 4 is 43.0 Å². The quantitative estimate of drug-likeness (QED) is 0.389. The van der Waals surface area contributed by atoms with Crippen LogP contribution in [0, 0.1) is 21.4 Å². The van der Waals surface area contributed by atoms with Crippen LogP contribution in [0.2, 0.25) is 5.02 Å². The van der Waals surface area contributed by atoms with Gasteiger partial charge in [0.1, 0.15) is 5.02 Å². The summed E-state index contributed by atoms with van der Waals surface area (Å²) in [4.78, 5) is 9.23. The van der Waals surface area contributed by atoms with Crippen molar-refractivity contribution in [2.45, 2.75) is 9.79 Å². The first-order valence-corrected chi connectivity index (χ1v) is 11.6. The molecule has 0 aliphatic heterocycles. The number of nitrogens with zero attached hydrogens (tertiary/aromatic N) is 3. The second-order valence-corrected chi connectivity index (χ2v) is 10.3. The van der Waals surface area contributed by atoms with Crippen LogP contribution in [0.3, 0.4) is 0 Å². The Morgan fingerprint density at radius 1 is 0.871 bits per heavy atom. The van der Waals surface area contributed by atoms with Crippen molar-refractivity contribution in [3.05, 3.63) is 93.5 Å². The number of hydrogen-bond donors (Lipinski definition) is 0. The van der Waals surface area contributed by atoms with E-state index in [0.717, 1.165) is 24.3 Å². The average Bonchev–Trinajstić information content (AvgIpc) is 2.74. The second kappa shape index (κ2) is 8.35. The number of hydrogen-bond acceptors (Lipinski definition) is 7. The molecule has 158 valence electrons. The third-order valence-corrected chi connectivity index (χ3v) is 8.57. The van der Waals surface area contributed by atoms with Crippen molar-refractivity contribution in [3.8, 4) is 6.07 Å². The van der Waals surface area contributed by atoms with Gasteiger partial charge in [-0.05, 0) is 42.5 Å². The highest BCUT2D eigenvalue weighted by molar-refractivity contribution is 8.10. The molecule has 0 aliphatic carbocycles. The lowest BCUT2D eigenvalue weighted by Crippen LogP contribution is -2.37. The van der Waals surface area contributed by atoms with Crippen LogP contribution in [0.25, 0.3) is 0 Å². The Balaban J connectivity index is 2.29. The molecule has 0 N–H and O–H groups in total. The molecule has 3 aromatic rings. The van der Waals surface area contributed by atoms with Gasteiger partial charge in [0.25, 0.3) is 25.7 Å². The van der Waals surface area contributed by atoms with E-state index in [1.54, 1.807) is 12.1 Å². The van der Waals surface area contributed by atoms with Crippen LogP contribution in [0.4, 0.5) is 11.4 Å². The smallest absolute Gasteiger partial charge is 0.258 e. The molecule has 0 heterocycles. The van der Waals surface area contributed by atoms with Gasteiger partial charge in [-0.2, -0.15) is 8.97 Å². The summed E-state index contributed by atoms with van der Waals surface area (Å²) >= 11 is 5.76. The fraction of sp³-hybridized carbons (Fsp3) is 0. The van der Waals surface area contributed by atoms with Crippen LogP contribution in [0.1, 0.15) is 5.56 Å². The van der Waals surface area contributed by atoms with E-state index in [2.05, 4.69) is 0 Å². The summed E-state index contributed by atoms with van der Waals surface area (Å²) in [7, 11) is -9.60. The fourth-order valence-electron chi connectivity index (χ4n) is 2.67. The summed E-state index contributed by atoms with van der Waals surface area (Å²) in [5, 5.41) is 20.0. The molecule has 0 fully saturated rings. The molecule has 0 aromatic heterocycles. The summed E-state index contributed by atoms with van der Waals surface area (Å²) in [6, 6.07) is 16.2. The number of para-hydroxylation sites is 1. The molecule has 9 nitrogen and oxygen atoms in total. The molecule has 0 amide bonds. The van der Waals surface area contributed by atoms with Crippen LogP contribution in [0.5, 0.6) is 0 Å². The topological polar surface area (TPSA) is 138 Å². The fourth-order valence-corrected chi connectivity index (χ4v) is 6.61. The SMILES string of the molecule is N#Cc1cccc(S(=O)(=O)N(c2ccccc2)S(=O)(=O)c2ccc(Cl)c([N+](=O)[O-])c2)c1. The van der Waals surface area contributed by atoms with E-state index in [-0.39, 0.29) is 20.0 Å². The Kier molecular flexibility index (Phi) is 5.99. The number of benzene rings is 3. The van der Waals surface area contributed by atoms with E-state index in [9.17, 15) is 26.9 Å². The molecule has 0 unspecified atom stereocenters. The highest BCUT2D eigenvalue weighted by Gasteiger charge is 2.38. The highest BCUT2D eigenvalue weighted by atomic mass is 35.5. The molecule has 0 aliphatic rings.